The average molecular weight is 456 g/mol. The molecule has 0 aliphatic heterocycles. The molecule has 5 nitrogen and oxygen atoms in total. The number of ether oxygens (including phenoxy) is 1. The van der Waals surface area contributed by atoms with E-state index in [1.807, 2.05) is 18.2 Å². The Morgan fingerprint density at radius 2 is 1.85 bits per heavy atom. The number of rotatable bonds is 8. The number of aryl methyl sites for hydroxylation is 1. The Morgan fingerprint density at radius 3 is 2.67 bits per heavy atom. The largest absolute Gasteiger partial charge is 0.383 e. The smallest absolute Gasteiger partial charge is 0.220 e. The van der Waals surface area contributed by atoms with E-state index < -0.39 is 0 Å². The van der Waals surface area contributed by atoms with Crippen LogP contribution in [0.3, 0.4) is 0 Å². The summed E-state index contributed by atoms with van der Waals surface area (Å²) in [6, 6.07) is 25.0. The van der Waals surface area contributed by atoms with Crippen LogP contribution in [-0.2, 0) is 16.0 Å². The topological polar surface area (TPSA) is 55.6 Å². The Labute approximate surface area is 196 Å². The predicted molar refractivity (Wildman–Crippen MR) is 135 cm³/mol. The van der Waals surface area contributed by atoms with Crippen LogP contribution in [0.5, 0.6) is 0 Å². The van der Waals surface area contributed by atoms with E-state index in [0.29, 0.717) is 26.0 Å². The molecule has 5 aromatic rings. The number of thiophene rings is 1. The lowest BCUT2D eigenvalue weighted by molar-refractivity contribution is -0.121. The normalized spacial score (nSPS) is 11.3. The third kappa shape index (κ3) is 4.53. The molecule has 0 bridgehead atoms. The molecule has 0 spiro atoms. The third-order valence-electron chi connectivity index (χ3n) is 5.69. The van der Waals surface area contributed by atoms with Crippen LogP contribution in [-0.4, -0.2) is 35.6 Å². The molecule has 3 heterocycles. The van der Waals surface area contributed by atoms with Crippen LogP contribution >= 0.6 is 11.3 Å². The van der Waals surface area contributed by atoms with Crippen molar-refractivity contribution in [2.75, 3.05) is 20.3 Å². The van der Waals surface area contributed by atoms with Crippen LogP contribution in [0.4, 0.5) is 0 Å². The molecule has 5 rings (SSSR count). The molecule has 0 saturated heterocycles. The summed E-state index contributed by atoms with van der Waals surface area (Å²) in [5.74, 6) is 0.0154. The number of benzene rings is 2. The van der Waals surface area contributed by atoms with Crippen molar-refractivity contribution in [2.45, 2.75) is 12.8 Å². The van der Waals surface area contributed by atoms with Gasteiger partial charge in [0, 0.05) is 47.0 Å². The molecule has 0 radical (unpaired) electrons. The van der Waals surface area contributed by atoms with Gasteiger partial charge in [0.15, 0.2) is 0 Å². The van der Waals surface area contributed by atoms with Crippen LogP contribution in [0.1, 0.15) is 12.1 Å². The molecule has 0 unspecified atom stereocenters. The lowest BCUT2D eigenvalue weighted by Gasteiger charge is -2.08. The van der Waals surface area contributed by atoms with Gasteiger partial charge in [-0.05, 0) is 36.1 Å². The zero-order chi connectivity index (χ0) is 22.6. The quantitative estimate of drug-likeness (QED) is 0.311. The molecule has 33 heavy (non-hydrogen) atoms. The zero-order valence-electron chi connectivity index (χ0n) is 18.5. The molecule has 1 N–H and O–H groups in total. The first-order chi connectivity index (χ1) is 16.2. The molecule has 166 valence electrons. The monoisotopic (exact) mass is 455 g/mol. The highest BCUT2D eigenvalue weighted by Crippen LogP contribution is 2.34. The summed E-state index contributed by atoms with van der Waals surface area (Å²) in [4.78, 5) is 18.5. The average Bonchev–Trinajstić information content (AvgIpc) is 3.44. The molecule has 3 aromatic heterocycles. The second-order valence-electron chi connectivity index (χ2n) is 7.91. The van der Waals surface area contributed by atoms with Crippen molar-refractivity contribution in [3.05, 3.63) is 84.7 Å². The van der Waals surface area contributed by atoms with Crippen molar-refractivity contribution in [1.29, 1.82) is 0 Å². The number of fused-ring (bicyclic) bond motifs is 2. The van der Waals surface area contributed by atoms with Crippen LogP contribution in [0.25, 0.3) is 37.4 Å². The maximum atomic E-state index is 12.4. The highest BCUT2D eigenvalue weighted by atomic mass is 32.1. The number of methoxy groups -OCH3 is 1. The lowest BCUT2D eigenvalue weighted by Crippen LogP contribution is -2.27. The SMILES string of the molecule is COCCNC(=O)CCc1c(-c2ccccc2)nc2ccc(-c3cc4ccccc4s3)cn12. The lowest BCUT2D eigenvalue weighted by atomic mass is 10.1. The van der Waals surface area contributed by atoms with Crippen LogP contribution in [0, 0.1) is 0 Å². The number of hydrogen-bond acceptors (Lipinski definition) is 4. The van der Waals surface area contributed by atoms with E-state index >= 15 is 0 Å². The Kier molecular flexibility index (Phi) is 6.19. The van der Waals surface area contributed by atoms with Gasteiger partial charge in [-0.15, -0.1) is 11.3 Å². The molecule has 2 aromatic carbocycles. The van der Waals surface area contributed by atoms with Crippen molar-refractivity contribution in [2.24, 2.45) is 0 Å². The summed E-state index contributed by atoms with van der Waals surface area (Å²) in [7, 11) is 1.63. The van der Waals surface area contributed by atoms with Gasteiger partial charge in [-0.3, -0.25) is 4.79 Å². The number of imidazole rings is 1. The van der Waals surface area contributed by atoms with Gasteiger partial charge in [0.25, 0.3) is 0 Å². The molecular weight excluding hydrogens is 430 g/mol. The first-order valence-electron chi connectivity index (χ1n) is 11.0. The number of nitrogens with one attached hydrogen (secondary N) is 1. The summed E-state index contributed by atoms with van der Waals surface area (Å²) in [5, 5.41) is 4.16. The van der Waals surface area contributed by atoms with E-state index in [2.05, 4.69) is 70.5 Å². The predicted octanol–water partition coefficient (Wildman–Crippen LogP) is 5.58. The van der Waals surface area contributed by atoms with E-state index in [1.165, 1.54) is 15.0 Å². The maximum absolute atomic E-state index is 12.4. The molecule has 0 saturated carbocycles. The van der Waals surface area contributed by atoms with Gasteiger partial charge in [0.2, 0.25) is 5.91 Å². The molecule has 0 aliphatic carbocycles. The van der Waals surface area contributed by atoms with Crippen LogP contribution in [0.15, 0.2) is 79.0 Å². The Morgan fingerprint density at radius 1 is 1.03 bits per heavy atom. The summed E-state index contributed by atoms with van der Waals surface area (Å²) >= 11 is 1.79. The van der Waals surface area contributed by atoms with Gasteiger partial charge in [0.05, 0.1) is 18.0 Å². The van der Waals surface area contributed by atoms with E-state index in [4.69, 9.17) is 9.72 Å². The minimum absolute atomic E-state index is 0.0154. The van der Waals surface area contributed by atoms with Gasteiger partial charge in [-0.25, -0.2) is 4.98 Å². The summed E-state index contributed by atoms with van der Waals surface area (Å²) < 4.78 is 8.44. The van der Waals surface area contributed by atoms with Crippen LogP contribution in [0.2, 0.25) is 0 Å². The number of hydrogen-bond donors (Lipinski definition) is 1. The number of carbonyl (C=O) groups is 1. The highest BCUT2D eigenvalue weighted by molar-refractivity contribution is 7.22. The third-order valence-corrected chi connectivity index (χ3v) is 6.86. The van der Waals surface area contributed by atoms with Gasteiger partial charge >= 0.3 is 0 Å². The summed E-state index contributed by atoms with van der Waals surface area (Å²) in [6.45, 7) is 1.03. The fourth-order valence-electron chi connectivity index (χ4n) is 4.04. The first kappa shape index (κ1) is 21.4. The van der Waals surface area contributed by atoms with Crippen molar-refractivity contribution >= 4 is 33.0 Å². The van der Waals surface area contributed by atoms with Crippen molar-refractivity contribution in [1.82, 2.24) is 14.7 Å². The Balaban J connectivity index is 1.53. The molecular formula is C27H25N3O2S. The minimum Gasteiger partial charge on any atom is -0.383 e. The maximum Gasteiger partial charge on any atom is 0.220 e. The van der Waals surface area contributed by atoms with E-state index in [1.54, 1.807) is 18.4 Å². The minimum atomic E-state index is 0.0154. The van der Waals surface area contributed by atoms with Crippen molar-refractivity contribution < 1.29 is 9.53 Å². The molecule has 0 atom stereocenters. The highest BCUT2D eigenvalue weighted by Gasteiger charge is 2.16. The molecule has 1 amide bonds. The molecule has 0 aliphatic rings. The number of amides is 1. The van der Waals surface area contributed by atoms with Crippen molar-refractivity contribution in [3.63, 3.8) is 0 Å². The number of nitrogens with zero attached hydrogens (tertiary/aromatic N) is 2. The second kappa shape index (κ2) is 9.57. The van der Waals surface area contributed by atoms with Gasteiger partial charge in [-0.2, -0.15) is 0 Å². The van der Waals surface area contributed by atoms with E-state index in [-0.39, 0.29) is 5.91 Å². The van der Waals surface area contributed by atoms with Crippen molar-refractivity contribution in [3.8, 4) is 21.7 Å². The Hall–Kier alpha value is -3.48. The number of pyridine rings is 1. The number of aromatic nitrogens is 2. The summed E-state index contributed by atoms with van der Waals surface area (Å²) in [6.07, 6.45) is 3.14. The van der Waals surface area contributed by atoms with Gasteiger partial charge < -0.3 is 14.5 Å². The van der Waals surface area contributed by atoms with E-state index in [9.17, 15) is 4.79 Å². The standard InChI is InChI=1S/C27H25N3O2S/c1-32-16-15-28-26(31)14-12-22-27(19-7-3-2-4-8-19)29-25-13-11-21(18-30(22)25)24-17-20-9-5-6-10-23(20)33-24/h2-11,13,17-18H,12,14-16H2,1H3,(H,28,31). The van der Waals surface area contributed by atoms with E-state index in [0.717, 1.165) is 28.2 Å². The zero-order valence-corrected chi connectivity index (χ0v) is 19.3. The first-order valence-corrected chi connectivity index (χ1v) is 11.9. The molecule has 6 heteroatoms. The summed E-state index contributed by atoms with van der Waals surface area (Å²) in [5.41, 5.74) is 5.05. The van der Waals surface area contributed by atoms with Gasteiger partial charge in [-0.1, -0.05) is 48.5 Å². The fourth-order valence-corrected chi connectivity index (χ4v) is 5.09. The fraction of sp³-hybridized carbons (Fsp3) is 0.185. The van der Waals surface area contributed by atoms with Crippen LogP contribution < -0.4 is 5.32 Å². The van der Waals surface area contributed by atoms with Gasteiger partial charge in [0.1, 0.15) is 5.65 Å². The number of carbonyl (C=O) groups excluding carboxylic acids is 1. The Bertz CT molecular complexity index is 1370. The second-order valence-corrected chi connectivity index (χ2v) is 8.99. The molecule has 0 fully saturated rings.